The molecule has 0 aromatic carbocycles. The standard InChI is InChI=1S/C12H10F6N4O3/c1-10(23,12(16,17)18)9-22-21-8(25-9)6-5(19)3-4(11(13,14)15)7(20-6)24-2/h3,23H,19H2,1-2H3/t10-/m1/s1. The van der Waals surface area contributed by atoms with Gasteiger partial charge >= 0.3 is 12.4 Å². The molecule has 0 amide bonds. The van der Waals surface area contributed by atoms with Gasteiger partial charge in [0.05, 0.1) is 12.8 Å². The maximum atomic E-state index is 12.9. The number of nitrogens with two attached hydrogens (primary N) is 1. The minimum Gasteiger partial charge on any atom is -0.481 e. The van der Waals surface area contributed by atoms with Gasteiger partial charge in [-0.05, 0) is 13.0 Å². The van der Waals surface area contributed by atoms with Crippen molar-refractivity contribution in [2.75, 3.05) is 12.8 Å². The molecule has 138 valence electrons. The number of hydrogen-bond donors (Lipinski definition) is 2. The fourth-order valence-electron chi connectivity index (χ4n) is 1.68. The first-order valence-electron chi connectivity index (χ1n) is 6.34. The molecule has 2 aromatic heterocycles. The molecule has 0 aliphatic carbocycles. The number of aromatic nitrogens is 3. The number of nitrogens with zero attached hydrogens (tertiary/aromatic N) is 3. The van der Waals surface area contributed by atoms with E-state index in [1.807, 2.05) is 0 Å². The first kappa shape index (κ1) is 18.8. The van der Waals surface area contributed by atoms with Crippen LogP contribution in [0.4, 0.5) is 32.0 Å². The Kier molecular flexibility index (Phi) is 4.32. The molecule has 13 heteroatoms. The van der Waals surface area contributed by atoms with Crippen molar-refractivity contribution in [2.45, 2.75) is 24.9 Å². The van der Waals surface area contributed by atoms with E-state index in [0.717, 1.165) is 7.11 Å². The second kappa shape index (κ2) is 5.75. The molecule has 0 aliphatic rings. The Morgan fingerprint density at radius 3 is 2.24 bits per heavy atom. The summed E-state index contributed by atoms with van der Waals surface area (Å²) >= 11 is 0. The number of methoxy groups -OCH3 is 1. The van der Waals surface area contributed by atoms with Crippen LogP contribution in [0, 0.1) is 0 Å². The Morgan fingerprint density at radius 2 is 1.76 bits per heavy atom. The Hall–Kier alpha value is -2.57. The number of halogens is 6. The third kappa shape index (κ3) is 3.31. The molecule has 1 atom stereocenters. The van der Waals surface area contributed by atoms with E-state index in [2.05, 4.69) is 19.9 Å². The summed E-state index contributed by atoms with van der Waals surface area (Å²) in [6.07, 6.45) is -9.96. The topological polar surface area (TPSA) is 107 Å². The third-order valence-corrected chi connectivity index (χ3v) is 3.11. The molecular weight excluding hydrogens is 362 g/mol. The van der Waals surface area contributed by atoms with Crippen LogP contribution in [0.3, 0.4) is 0 Å². The number of rotatable bonds is 3. The lowest BCUT2D eigenvalue weighted by Crippen LogP contribution is -2.39. The summed E-state index contributed by atoms with van der Waals surface area (Å²) in [5, 5.41) is 15.7. The van der Waals surface area contributed by atoms with Gasteiger partial charge in [0.2, 0.25) is 11.5 Å². The molecule has 0 saturated carbocycles. The lowest BCUT2D eigenvalue weighted by molar-refractivity contribution is -0.266. The van der Waals surface area contributed by atoms with E-state index in [9.17, 15) is 31.4 Å². The number of anilines is 1. The van der Waals surface area contributed by atoms with Gasteiger partial charge in [-0.25, -0.2) is 4.98 Å². The van der Waals surface area contributed by atoms with E-state index in [1.165, 1.54) is 0 Å². The summed E-state index contributed by atoms with van der Waals surface area (Å²) in [5.74, 6) is -2.84. The summed E-state index contributed by atoms with van der Waals surface area (Å²) in [4.78, 5) is 3.46. The Morgan fingerprint density at radius 1 is 1.16 bits per heavy atom. The molecule has 3 N–H and O–H groups in total. The first-order valence-corrected chi connectivity index (χ1v) is 6.34. The van der Waals surface area contributed by atoms with Gasteiger partial charge in [-0.2, -0.15) is 26.3 Å². The van der Waals surface area contributed by atoms with Crippen molar-refractivity contribution in [2.24, 2.45) is 0 Å². The summed E-state index contributed by atoms with van der Waals surface area (Å²) in [5.41, 5.74) is -0.430. The molecule has 0 aliphatic heterocycles. The predicted molar refractivity (Wildman–Crippen MR) is 69.1 cm³/mol. The average Bonchev–Trinajstić information content (AvgIpc) is 2.95. The Labute approximate surface area is 135 Å². The highest BCUT2D eigenvalue weighted by Crippen LogP contribution is 2.41. The highest BCUT2D eigenvalue weighted by atomic mass is 19.4. The van der Waals surface area contributed by atoms with Crippen molar-refractivity contribution in [1.29, 1.82) is 0 Å². The van der Waals surface area contributed by atoms with Gasteiger partial charge in [-0.1, -0.05) is 0 Å². The van der Waals surface area contributed by atoms with Crippen LogP contribution in [0.15, 0.2) is 10.5 Å². The van der Waals surface area contributed by atoms with Crippen molar-refractivity contribution in [1.82, 2.24) is 15.2 Å². The van der Waals surface area contributed by atoms with Crippen LogP contribution in [0.1, 0.15) is 18.4 Å². The van der Waals surface area contributed by atoms with Crippen molar-refractivity contribution < 1.29 is 40.6 Å². The number of alkyl halides is 6. The number of nitrogen functional groups attached to an aromatic ring is 1. The van der Waals surface area contributed by atoms with Crippen molar-refractivity contribution in [3.8, 4) is 17.5 Å². The van der Waals surface area contributed by atoms with Crippen molar-refractivity contribution in [3.63, 3.8) is 0 Å². The molecule has 2 aromatic rings. The molecule has 0 radical (unpaired) electrons. The van der Waals surface area contributed by atoms with E-state index < -0.39 is 52.6 Å². The zero-order valence-electron chi connectivity index (χ0n) is 12.5. The fraction of sp³-hybridized carbons (Fsp3) is 0.417. The van der Waals surface area contributed by atoms with E-state index in [1.54, 1.807) is 0 Å². The van der Waals surface area contributed by atoms with E-state index >= 15 is 0 Å². The lowest BCUT2D eigenvalue weighted by Gasteiger charge is -2.21. The summed E-state index contributed by atoms with van der Waals surface area (Å²) in [6.45, 7) is 0.369. The molecule has 0 unspecified atom stereocenters. The highest BCUT2D eigenvalue weighted by Gasteiger charge is 2.55. The van der Waals surface area contributed by atoms with E-state index in [-0.39, 0.29) is 0 Å². The van der Waals surface area contributed by atoms with Gasteiger partial charge in [0, 0.05) is 0 Å². The molecule has 25 heavy (non-hydrogen) atoms. The zero-order valence-corrected chi connectivity index (χ0v) is 12.5. The quantitative estimate of drug-likeness (QED) is 0.797. The molecule has 7 nitrogen and oxygen atoms in total. The molecule has 2 rings (SSSR count). The second-order valence-electron chi connectivity index (χ2n) is 4.96. The number of aliphatic hydroxyl groups is 1. The molecule has 0 bridgehead atoms. The molecular formula is C12H10F6N4O3. The third-order valence-electron chi connectivity index (χ3n) is 3.11. The lowest BCUT2D eigenvalue weighted by atomic mass is 10.1. The molecule has 2 heterocycles. The van der Waals surface area contributed by atoms with Gasteiger partial charge < -0.3 is 20.0 Å². The van der Waals surface area contributed by atoms with Gasteiger partial charge in [-0.15, -0.1) is 10.2 Å². The molecule has 0 saturated heterocycles. The monoisotopic (exact) mass is 372 g/mol. The minimum atomic E-state index is -5.13. The van der Waals surface area contributed by atoms with Crippen LogP contribution < -0.4 is 10.5 Å². The average molecular weight is 372 g/mol. The minimum absolute atomic E-state index is 0.369. The summed E-state index contributed by atoms with van der Waals surface area (Å²) in [6, 6.07) is 0.465. The van der Waals surface area contributed by atoms with E-state index in [4.69, 9.17) is 10.2 Å². The highest BCUT2D eigenvalue weighted by molar-refractivity contribution is 5.68. The summed E-state index contributed by atoms with van der Waals surface area (Å²) < 4.78 is 86.0. The van der Waals surface area contributed by atoms with Crippen LogP contribution in [-0.4, -0.2) is 33.6 Å². The zero-order chi connectivity index (χ0) is 19.2. The number of ether oxygens (including phenoxy) is 1. The van der Waals surface area contributed by atoms with Gasteiger partial charge in [-0.3, -0.25) is 0 Å². The van der Waals surface area contributed by atoms with Gasteiger partial charge in [0.1, 0.15) is 5.56 Å². The number of pyridine rings is 1. The van der Waals surface area contributed by atoms with Crippen molar-refractivity contribution >= 4 is 5.69 Å². The SMILES string of the molecule is COc1nc(-c2nnc([C@@](C)(O)C(F)(F)F)o2)c(N)cc1C(F)(F)F. The van der Waals surface area contributed by atoms with Crippen molar-refractivity contribution in [3.05, 3.63) is 17.5 Å². The smallest absolute Gasteiger partial charge is 0.426 e. The second-order valence-corrected chi connectivity index (χ2v) is 4.96. The fourth-order valence-corrected chi connectivity index (χ4v) is 1.68. The van der Waals surface area contributed by atoms with Crippen LogP contribution in [-0.2, 0) is 11.8 Å². The van der Waals surface area contributed by atoms with Gasteiger partial charge in [0.25, 0.3) is 11.8 Å². The Bertz CT molecular complexity index is 784. The largest absolute Gasteiger partial charge is 0.481 e. The van der Waals surface area contributed by atoms with Crippen LogP contribution in [0.5, 0.6) is 5.88 Å². The first-order chi connectivity index (χ1) is 11.3. The van der Waals surface area contributed by atoms with Gasteiger partial charge in [0.15, 0.2) is 5.69 Å². The normalized spacial score (nSPS) is 15.1. The maximum absolute atomic E-state index is 12.9. The van der Waals surface area contributed by atoms with Crippen LogP contribution in [0.2, 0.25) is 0 Å². The Balaban J connectivity index is 2.54. The number of hydrogen-bond acceptors (Lipinski definition) is 7. The maximum Gasteiger partial charge on any atom is 0.426 e. The molecule has 0 spiro atoms. The predicted octanol–water partition coefficient (Wildman–Crippen LogP) is 2.51. The molecule has 0 fully saturated rings. The van der Waals surface area contributed by atoms with Crippen LogP contribution in [0.25, 0.3) is 11.6 Å². The van der Waals surface area contributed by atoms with E-state index in [0.29, 0.717) is 13.0 Å². The summed E-state index contributed by atoms with van der Waals surface area (Å²) in [7, 11) is 0.908. The van der Waals surface area contributed by atoms with Crippen LogP contribution >= 0.6 is 0 Å².